The molecule has 0 spiro atoms. The van der Waals surface area contributed by atoms with Crippen LogP contribution in [0.1, 0.15) is 37.8 Å². The van der Waals surface area contributed by atoms with Crippen molar-refractivity contribution in [3.8, 4) is 0 Å². The van der Waals surface area contributed by atoms with Crippen LogP contribution in [-0.4, -0.2) is 81.8 Å². The molecule has 1 heterocycles. The monoisotopic (exact) mass is 424 g/mol. The molecule has 1 fully saturated rings. The van der Waals surface area contributed by atoms with Crippen LogP contribution < -0.4 is 5.32 Å². The molecule has 2 rings (SSSR count). The van der Waals surface area contributed by atoms with E-state index >= 15 is 0 Å². The Morgan fingerprint density at radius 2 is 1.76 bits per heavy atom. The van der Waals surface area contributed by atoms with E-state index in [1.807, 2.05) is 13.8 Å². The van der Waals surface area contributed by atoms with Gasteiger partial charge in [0.05, 0.1) is 18.5 Å². The average molecular weight is 425 g/mol. The summed E-state index contributed by atoms with van der Waals surface area (Å²) in [6.07, 6.45) is 0.0405. The molecule has 8 heteroatoms. The number of hydrogen-bond donors (Lipinski definition) is 1. The summed E-state index contributed by atoms with van der Waals surface area (Å²) in [5.74, 6) is 1.21. The summed E-state index contributed by atoms with van der Waals surface area (Å²) in [6, 6.07) is 8.59. The van der Waals surface area contributed by atoms with E-state index in [2.05, 4.69) is 53.3 Å². The molecule has 1 unspecified atom stereocenters. The van der Waals surface area contributed by atoms with E-state index in [0.29, 0.717) is 32.1 Å². The first-order chi connectivity index (χ1) is 13.7. The first-order valence-electron chi connectivity index (χ1n) is 10.3. The molecule has 0 aromatic heterocycles. The molecule has 7 nitrogen and oxygen atoms in total. The number of aryl methyl sites for hydroxylation is 1. The van der Waals surface area contributed by atoms with Crippen molar-refractivity contribution in [2.24, 2.45) is 4.99 Å². The van der Waals surface area contributed by atoms with E-state index in [-0.39, 0.29) is 18.5 Å². The van der Waals surface area contributed by atoms with E-state index in [1.165, 1.54) is 11.1 Å². The molecule has 0 bridgehead atoms. The highest BCUT2D eigenvalue weighted by Gasteiger charge is 2.28. The maximum atomic E-state index is 12.5. The number of guanidine groups is 1. The molecule has 1 aromatic rings. The second kappa shape index (κ2) is 10.9. The fourth-order valence-corrected chi connectivity index (χ4v) is 4.57. The van der Waals surface area contributed by atoms with E-state index in [9.17, 15) is 8.42 Å². The number of benzene rings is 1. The Labute approximate surface area is 176 Å². The zero-order valence-electron chi connectivity index (χ0n) is 18.4. The molecule has 29 heavy (non-hydrogen) atoms. The van der Waals surface area contributed by atoms with Crippen LogP contribution in [0.4, 0.5) is 0 Å². The Morgan fingerprint density at radius 3 is 2.31 bits per heavy atom. The van der Waals surface area contributed by atoms with Gasteiger partial charge >= 0.3 is 0 Å². The minimum atomic E-state index is -3.28. The lowest BCUT2D eigenvalue weighted by molar-refractivity contribution is 0.0904. The van der Waals surface area contributed by atoms with Crippen molar-refractivity contribution in [3.63, 3.8) is 0 Å². The summed E-state index contributed by atoms with van der Waals surface area (Å²) in [5.41, 5.74) is 2.55. The smallest absolute Gasteiger partial charge is 0.216 e. The molecule has 164 valence electrons. The summed E-state index contributed by atoms with van der Waals surface area (Å²) in [5, 5.41) is 3.44. The molecule has 0 radical (unpaired) electrons. The Balaban J connectivity index is 1.82. The fraction of sp³-hybridized carbons (Fsp3) is 0.667. The molecular formula is C21H36N4O3S. The van der Waals surface area contributed by atoms with Gasteiger partial charge in [0.1, 0.15) is 0 Å². The summed E-state index contributed by atoms with van der Waals surface area (Å²) in [6.45, 7) is 11.3. The Bertz CT molecular complexity index is 755. The van der Waals surface area contributed by atoms with Gasteiger partial charge < -0.3 is 15.0 Å². The van der Waals surface area contributed by atoms with E-state index in [1.54, 1.807) is 11.4 Å². The van der Waals surface area contributed by atoms with Gasteiger partial charge in [-0.05, 0) is 32.3 Å². The predicted octanol–water partition coefficient (Wildman–Crippen LogP) is 2.05. The minimum absolute atomic E-state index is 0.0339. The van der Waals surface area contributed by atoms with Gasteiger partial charge in [0.2, 0.25) is 10.0 Å². The summed E-state index contributed by atoms with van der Waals surface area (Å²) in [4.78, 5) is 6.51. The van der Waals surface area contributed by atoms with Gasteiger partial charge in [0, 0.05) is 39.8 Å². The number of nitrogens with one attached hydrogen (secondary N) is 1. The van der Waals surface area contributed by atoms with Crippen LogP contribution in [-0.2, 0) is 14.8 Å². The first kappa shape index (κ1) is 23.6. The number of hydrogen-bond acceptors (Lipinski definition) is 4. The molecule has 1 aliphatic heterocycles. The van der Waals surface area contributed by atoms with Gasteiger partial charge in [0.25, 0.3) is 0 Å². The SMILES string of the molecule is CN=C(NCC(C)c1ccc(C)cc1)N1CCN(S(=O)(=O)CCOC(C)C)CC1. The van der Waals surface area contributed by atoms with Gasteiger partial charge in [0.15, 0.2) is 5.96 Å². The van der Waals surface area contributed by atoms with E-state index in [0.717, 1.165) is 12.5 Å². The molecule has 0 amide bonds. The first-order valence-corrected chi connectivity index (χ1v) is 12.0. The highest BCUT2D eigenvalue weighted by molar-refractivity contribution is 7.89. The third kappa shape index (κ3) is 7.28. The van der Waals surface area contributed by atoms with E-state index < -0.39 is 10.0 Å². The fourth-order valence-electron chi connectivity index (χ4n) is 3.29. The van der Waals surface area contributed by atoms with Crippen LogP contribution in [0.2, 0.25) is 0 Å². The lowest BCUT2D eigenvalue weighted by atomic mass is 10.0. The van der Waals surface area contributed by atoms with Gasteiger partial charge in [-0.15, -0.1) is 0 Å². The average Bonchev–Trinajstić information content (AvgIpc) is 2.68. The summed E-state index contributed by atoms with van der Waals surface area (Å²) >= 11 is 0. The number of ether oxygens (including phenoxy) is 1. The third-order valence-corrected chi connectivity index (χ3v) is 6.98. The molecule has 1 atom stereocenters. The third-order valence-electron chi connectivity index (χ3n) is 5.15. The van der Waals surface area contributed by atoms with Crippen LogP contribution in [0.25, 0.3) is 0 Å². The Hall–Kier alpha value is -1.64. The molecule has 0 aliphatic carbocycles. The van der Waals surface area contributed by atoms with Crippen LogP contribution in [0, 0.1) is 6.92 Å². The summed E-state index contributed by atoms with van der Waals surface area (Å²) < 4.78 is 31.9. The molecular weight excluding hydrogens is 388 g/mol. The van der Waals surface area contributed by atoms with Gasteiger partial charge in [-0.1, -0.05) is 36.8 Å². The van der Waals surface area contributed by atoms with Crippen molar-refractivity contribution in [2.45, 2.75) is 39.7 Å². The van der Waals surface area contributed by atoms with Gasteiger partial charge in [-0.3, -0.25) is 4.99 Å². The molecule has 1 aliphatic rings. The second-order valence-electron chi connectivity index (χ2n) is 7.86. The number of aliphatic imine (C=N–C) groups is 1. The van der Waals surface area contributed by atoms with Crippen molar-refractivity contribution in [1.29, 1.82) is 0 Å². The largest absolute Gasteiger partial charge is 0.378 e. The maximum Gasteiger partial charge on any atom is 0.216 e. The lowest BCUT2D eigenvalue weighted by Crippen LogP contribution is -2.54. The van der Waals surface area contributed by atoms with Crippen LogP contribution in [0.5, 0.6) is 0 Å². The van der Waals surface area contributed by atoms with Crippen LogP contribution in [0.3, 0.4) is 0 Å². The molecule has 1 N–H and O–H groups in total. The van der Waals surface area contributed by atoms with Crippen LogP contribution in [0.15, 0.2) is 29.3 Å². The van der Waals surface area contributed by atoms with Gasteiger partial charge in [-0.2, -0.15) is 4.31 Å². The zero-order chi connectivity index (χ0) is 21.4. The number of rotatable bonds is 8. The van der Waals surface area contributed by atoms with Crippen molar-refractivity contribution >= 4 is 16.0 Å². The zero-order valence-corrected chi connectivity index (χ0v) is 19.2. The lowest BCUT2D eigenvalue weighted by Gasteiger charge is -2.36. The Morgan fingerprint density at radius 1 is 1.14 bits per heavy atom. The molecule has 1 saturated heterocycles. The quantitative estimate of drug-likeness (QED) is 0.511. The molecule has 0 saturated carbocycles. The number of sulfonamides is 1. The maximum absolute atomic E-state index is 12.5. The van der Waals surface area contributed by atoms with Crippen LogP contribution >= 0.6 is 0 Å². The number of piperazine rings is 1. The Kier molecular flexibility index (Phi) is 8.92. The van der Waals surface area contributed by atoms with Crippen molar-refractivity contribution in [1.82, 2.24) is 14.5 Å². The second-order valence-corrected chi connectivity index (χ2v) is 9.95. The highest BCUT2D eigenvalue weighted by atomic mass is 32.2. The van der Waals surface area contributed by atoms with Crippen molar-refractivity contribution in [3.05, 3.63) is 35.4 Å². The minimum Gasteiger partial charge on any atom is -0.378 e. The van der Waals surface area contributed by atoms with Crippen molar-refractivity contribution in [2.75, 3.05) is 52.1 Å². The topological polar surface area (TPSA) is 74.2 Å². The number of nitrogens with zero attached hydrogens (tertiary/aromatic N) is 3. The highest BCUT2D eigenvalue weighted by Crippen LogP contribution is 2.15. The van der Waals surface area contributed by atoms with E-state index in [4.69, 9.17) is 4.74 Å². The normalized spacial score (nSPS) is 17.6. The standard InChI is InChI=1S/C21H36N4O3S/c1-17(2)28-14-15-29(26,27)25-12-10-24(11-13-25)21(22-5)23-16-19(4)20-8-6-18(3)7-9-20/h6-9,17,19H,10-16H2,1-5H3,(H,22,23). The van der Waals surface area contributed by atoms with Gasteiger partial charge in [-0.25, -0.2) is 8.42 Å². The summed E-state index contributed by atoms with van der Waals surface area (Å²) in [7, 11) is -1.51. The molecule has 1 aromatic carbocycles. The van der Waals surface area contributed by atoms with Crippen molar-refractivity contribution < 1.29 is 13.2 Å². The predicted molar refractivity (Wildman–Crippen MR) is 119 cm³/mol.